The van der Waals surface area contributed by atoms with Crippen molar-refractivity contribution in [3.05, 3.63) is 41.1 Å². The zero-order valence-electron chi connectivity index (χ0n) is 20.9. The Morgan fingerprint density at radius 2 is 1.48 bits per heavy atom. The molecule has 1 nitrogen and oxygen atoms in total. The molecule has 1 aromatic carbocycles. The summed E-state index contributed by atoms with van der Waals surface area (Å²) in [4.78, 5) is 0. The lowest BCUT2D eigenvalue weighted by molar-refractivity contribution is 0.0600. The maximum absolute atomic E-state index is 7.09. The van der Waals surface area contributed by atoms with Gasteiger partial charge in [-0.25, -0.2) is 0 Å². The zero-order valence-corrected chi connectivity index (χ0v) is 22.9. The van der Waals surface area contributed by atoms with E-state index in [1.54, 1.807) is 5.57 Å². The van der Waals surface area contributed by atoms with E-state index in [4.69, 9.17) is 4.43 Å². The van der Waals surface area contributed by atoms with Gasteiger partial charge in [0.15, 0.2) is 8.32 Å². The van der Waals surface area contributed by atoms with Gasteiger partial charge in [0.05, 0.1) is 14.2 Å². The molecule has 1 unspecified atom stereocenters. The maximum atomic E-state index is 7.09. The average molecular weight is 431 g/mol. The molecule has 1 aromatic rings. The number of allylic oxidation sites excluding steroid dienone is 1. The zero-order chi connectivity index (χ0) is 22.1. The Balaban J connectivity index is 2.60. The van der Waals surface area contributed by atoms with Crippen molar-refractivity contribution in [3.8, 4) is 0 Å². The van der Waals surface area contributed by atoms with Gasteiger partial charge in [0.2, 0.25) is 0 Å². The summed E-state index contributed by atoms with van der Waals surface area (Å²) in [5.74, 6) is 0. The number of hydrogen-bond donors (Lipinski definition) is 0. The minimum absolute atomic E-state index is 0.195. The first-order valence-electron chi connectivity index (χ1n) is 11.8. The molecule has 0 N–H and O–H groups in total. The number of rotatable bonds is 7. The fraction of sp³-hybridized carbons (Fsp3) is 0.692. The van der Waals surface area contributed by atoms with Crippen molar-refractivity contribution in [3.63, 3.8) is 0 Å². The molecule has 0 aliphatic heterocycles. The molecular formula is C26H46OSi2. The quantitative estimate of drug-likeness (QED) is 0.393. The van der Waals surface area contributed by atoms with E-state index in [1.807, 2.05) is 5.20 Å². The van der Waals surface area contributed by atoms with Crippen LogP contribution in [0.1, 0.15) is 73.8 Å². The second kappa shape index (κ2) is 8.84. The number of benzene rings is 1. The van der Waals surface area contributed by atoms with Crippen molar-refractivity contribution in [1.29, 1.82) is 0 Å². The highest BCUT2D eigenvalue weighted by atomic mass is 28.4. The van der Waals surface area contributed by atoms with Crippen LogP contribution in [0.3, 0.4) is 0 Å². The van der Waals surface area contributed by atoms with Gasteiger partial charge in [-0.2, -0.15) is 0 Å². The van der Waals surface area contributed by atoms with E-state index in [9.17, 15) is 0 Å². The van der Waals surface area contributed by atoms with Crippen molar-refractivity contribution in [1.82, 2.24) is 0 Å². The summed E-state index contributed by atoms with van der Waals surface area (Å²) < 4.78 is 7.09. The molecule has 0 aromatic heterocycles. The third-order valence-corrected chi connectivity index (χ3v) is 18.6. The molecule has 29 heavy (non-hydrogen) atoms. The van der Waals surface area contributed by atoms with Gasteiger partial charge in [-0.3, -0.25) is 0 Å². The fourth-order valence-corrected chi connectivity index (χ4v) is 10.8. The van der Waals surface area contributed by atoms with Gasteiger partial charge < -0.3 is 4.43 Å². The summed E-state index contributed by atoms with van der Waals surface area (Å²) >= 11 is 0. The van der Waals surface area contributed by atoms with Crippen LogP contribution in [0.15, 0.2) is 35.5 Å². The van der Waals surface area contributed by atoms with E-state index < -0.39 is 16.4 Å². The van der Waals surface area contributed by atoms with Gasteiger partial charge in [-0.05, 0) is 47.5 Å². The van der Waals surface area contributed by atoms with Crippen molar-refractivity contribution in [2.24, 2.45) is 5.41 Å². The van der Waals surface area contributed by atoms with Crippen molar-refractivity contribution < 1.29 is 4.43 Å². The van der Waals surface area contributed by atoms with Crippen molar-refractivity contribution >= 4 is 22.0 Å². The SMILES string of the molecule is CC[Si](CC)(CC)C1=C(c2ccccc2)CC(O[Si](C)(C)C(C)(C)C)C(C)(C)C1. The van der Waals surface area contributed by atoms with E-state index >= 15 is 0 Å². The first-order chi connectivity index (χ1) is 13.3. The van der Waals surface area contributed by atoms with Crippen LogP contribution < -0.4 is 0 Å². The van der Waals surface area contributed by atoms with E-state index in [-0.39, 0.29) is 10.5 Å². The van der Waals surface area contributed by atoms with Crippen LogP contribution in [0.25, 0.3) is 5.57 Å². The highest BCUT2D eigenvalue weighted by molar-refractivity contribution is 6.87. The molecule has 164 valence electrons. The minimum atomic E-state index is -1.82. The van der Waals surface area contributed by atoms with Gasteiger partial charge >= 0.3 is 0 Å². The van der Waals surface area contributed by atoms with Crippen LogP contribution in [0.4, 0.5) is 0 Å². The van der Waals surface area contributed by atoms with Gasteiger partial charge in [0.1, 0.15) is 0 Å². The van der Waals surface area contributed by atoms with E-state index in [1.165, 1.54) is 30.1 Å². The molecule has 1 aliphatic carbocycles. The largest absolute Gasteiger partial charge is 0.413 e. The third kappa shape index (κ3) is 4.99. The molecular weight excluding hydrogens is 384 g/mol. The predicted molar refractivity (Wildman–Crippen MR) is 136 cm³/mol. The third-order valence-electron chi connectivity index (χ3n) is 8.29. The van der Waals surface area contributed by atoms with Crippen molar-refractivity contribution in [2.45, 2.75) is 111 Å². The monoisotopic (exact) mass is 430 g/mol. The molecule has 0 fully saturated rings. The van der Waals surface area contributed by atoms with Gasteiger partial charge in [0, 0.05) is 0 Å². The maximum Gasteiger partial charge on any atom is 0.192 e. The standard InChI is InChI=1S/C26H46OSi2/c1-11-29(12-2,13-3)23-20-26(7,8)24(27-28(9,10)25(4,5)6)19-22(23)21-17-15-14-16-18-21/h14-18,24H,11-13,19-20H2,1-10H3. The van der Waals surface area contributed by atoms with Crippen LogP contribution in [-0.4, -0.2) is 22.5 Å². The van der Waals surface area contributed by atoms with Crippen LogP contribution in [-0.2, 0) is 4.43 Å². The fourth-order valence-electron chi connectivity index (χ4n) is 4.82. The summed E-state index contributed by atoms with van der Waals surface area (Å²) in [6.45, 7) is 24.2. The molecule has 1 aliphatic rings. The topological polar surface area (TPSA) is 9.23 Å². The van der Waals surface area contributed by atoms with Crippen LogP contribution in [0.5, 0.6) is 0 Å². The average Bonchev–Trinajstić information content (AvgIpc) is 2.65. The summed E-state index contributed by atoms with van der Waals surface area (Å²) in [6.07, 6.45) is 2.59. The second-order valence-corrected chi connectivity index (χ2v) is 21.4. The van der Waals surface area contributed by atoms with Gasteiger partial charge in [-0.15, -0.1) is 0 Å². The van der Waals surface area contributed by atoms with Gasteiger partial charge in [-0.1, -0.05) is 109 Å². The summed E-state index contributed by atoms with van der Waals surface area (Å²) in [5, 5.41) is 2.09. The Bertz CT molecular complexity index is 698. The van der Waals surface area contributed by atoms with Gasteiger partial charge in [0.25, 0.3) is 0 Å². The number of hydrogen-bond acceptors (Lipinski definition) is 1. The summed E-state index contributed by atoms with van der Waals surface area (Å²) in [6, 6.07) is 15.3. The molecule has 0 spiro atoms. The smallest absolute Gasteiger partial charge is 0.192 e. The molecule has 0 bridgehead atoms. The van der Waals surface area contributed by atoms with Crippen LogP contribution in [0, 0.1) is 5.41 Å². The molecule has 0 heterocycles. The summed E-state index contributed by atoms with van der Waals surface area (Å²) in [5.41, 5.74) is 3.26. The van der Waals surface area contributed by atoms with Crippen LogP contribution >= 0.6 is 0 Å². The lowest BCUT2D eigenvalue weighted by atomic mass is 9.74. The Hall–Kier alpha value is -0.646. The predicted octanol–water partition coefficient (Wildman–Crippen LogP) is 8.70. The highest BCUT2D eigenvalue weighted by Gasteiger charge is 2.47. The Morgan fingerprint density at radius 1 is 0.966 bits per heavy atom. The lowest BCUT2D eigenvalue weighted by Crippen LogP contribution is -2.50. The molecule has 0 radical (unpaired) electrons. The molecule has 0 amide bonds. The lowest BCUT2D eigenvalue weighted by Gasteiger charge is -2.50. The van der Waals surface area contributed by atoms with E-state index in [0.717, 1.165) is 6.42 Å². The normalized spacial score (nSPS) is 20.8. The van der Waals surface area contributed by atoms with E-state index in [0.29, 0.717) is 6.10 Å². The first-order valence-corrected chi connectivity index (χ1v) is 17.3. The van der Waals surface area contributed by atoms with Crippen LogP contribution in [0.2, 0.25) is 36.3 Å². The Morgan fingerprint density at radius 3 is 1.93 bits per heavy atom. The summed E-state index contributed by atoms with van der Waals surface area (Å²) in [7, 11) is -3.26. The minimum Gasteiger partial charge on any atom is -0.413 e. The van der Waals surface area contributed by atoms with E-state index in [2.05, 4.69) is 98.8 Å². The molecule has 2 rings (SSSR count). The molecule has 3 heteroatoms. The molecule has 1 atom stereocenters. The molecule has 0 saturated carbocycles. The first kappa shape index (κ1) is 24.6. The Kier molecular flexibility index (Phi) is 7.51. The Labute approximate surface area is 183 Å². The molecule has 0 saturated heterocycles. The van der Waals surface area contributed by atoms with Crippen molar-refractivity contribution in [2.75, 3.05) is 0 Å². The highest BCUT2D eigenvalue weighted by Crippen LogP contribution is 2.51. The second-order valence-electron chi connectivity index (χ2n) is 11.4.